The molecule has 1 aliphatic heterocycles. The molecule has 0 unspecified atom stereocenters. The van der Waals surface area contributed by atoms with Gasteiger partial charge in [0.2, 0.25) is 10.0 Å². The smallest absolute Gasteiger partial charge is 0.214 e. The lowest BCUT2D eigenvalue weighted by Gasteiger charge is -2.28. The molecule has 130 valence electrons. The van der Waals surface area contributed by atoms with Crippen LogP contribution in [0.5, 0.6) is 0 Å². The number of aromatic nitrogens is 1. The molecule has 0 amide bonds. The summed E-state index contributed by atoms with van der Waals surface area (Å²) in [4.78, 5) is 0. The molecule has 4 rings (SSSR count). The van der Waals surface area contributed by atoms with Crippen molar-refractivity contribution >= 4 is 20.9 Å². The zero-order valence-corrected chi connectivity index (χ0v) is 15.0. The Labute approximate surface area is 148 Å². The van der Waals surface area contributed by atoms with Gasteiger partial charge in [0.25, 0.3) is 0 Å². The summed E-state index contributed by atoms with van der Waals surface area (Å²) in [5.74, 6) is 0.210. The monoisotopic (exact) mass is 354 g/mol. The van der Waals surface area contributed by atoms with Crippen molar-refractivity contribution in [2.45, 2.75) is 25.9 Å². The molecule has 0 saturated carbocycles. The minimum Gasteiger partial charge on any atom is -0.342 e. The molecule has 0 spiro atoms. The second-order valence-electron chi connectivity index (χ2n) is 6.58. The summed E-state index contributed by atoms with van der Waals surface area (Å²) < 4.78 is 29.3. The Morgan fingerprint density at radius 3 is 2.52 bits per heavy atom. The predicted octanol–water partition coefficient (Wildman–Crippen LogP) is 3.42. The van der Waals surface area contributed by atoms with Crippen LogP contribution in [0.4, 0.5) is 0 Å². The molecule has 2 heterocycles. The first-order valence-electron chi connectivity index (χ1n) is 8.72. The number of hydrogen-bond acceptors (Lipinski definition) is 2. The molecule has 5 heteroatoms. The summed E-state index contributed by atoms with van der Waals surface area (Å²) in [6.45, 7) is 1.75. The fourth-order valence-corrected chi connectivity index (χ4v) is 5.06. The minimum atomic E-state index is -3.21. The van der Waals surface area contributed by atoms with Crippen LogP contribution in [0.15, 0.2) is 60.7 Å². The fraction of sp³-hybridized carbons (Fsp3) is 0.300. The van der Waals surface area contributed by atoms with E-state index >= 15 is 0 Å². The van der Waals surface area contributed by atoms with Crippen molar-refractivity contribution in [3.63, 3.8) is 0 Å². The van der Waals surface area contributed by atoms with Gasteiger partial charge in [-0.2, -0.15) is 4.31 Å². The van der Waals surface area contributed by atoms with Crippen molar-refractivity contribution < 1.29 is 8.42 Å². The van der Waals surface area contributed by atoms with E-state index in [4.69, 9.17) is 0 Å². The number of para-hydroxylation sites is 1. The van der Waals surface area contributed by atoms with Gasteiger partial charge in [0, 0.05) is 24.3 Å². The standard InChI is InChI=1S/C20H22N2O2S/c23-25(24,14-6-9-17-7-2-1-3-8-17)21-12-13-22-19(16-21)15-18-10-4-5-11-20(18)22/h1-5,7-8,10-11,15H,6,9,12-14,16H2. The van der Waals surface area contributed by atoms with E-state index in [0.29, 0.717) is 19.5 Å². The third kappa shape index (κ3) is 3.34. The topological polar surface area (TPSA) is 42.3 Å². The van der Waals surface area contributed by atoms with Crippen LogP contribution in [0.25, 0.3) is 10.9 Å². The first kappa shape index (κ1) is 16.4. The van der Waals surface area contributed by atoms with Crippen molar-refractivity contribution in [3.05, 3.63) is 71.9 Å². The van der Waals surface area contributed by atoms with Crippen LogP contribution in [0, 0.1) is 0 Å². The Balaban J connectivity index is 1.45. The molecule has 3 aromatic rings. The zero-order valence-electron chi connectivity index (χ0n) is 14.1. The van der Waals surface area contributed by atoms with Crippen molar-refractivity contribution in [3.8, 4) is 0 Å². The Kier molecular flexibility index (Phi) is 4.36. The van der Waals surface area contributed by atoms with E-state index in [1.807, 2.05) is 42.5 Å². The number of fused-ring (bicyclic) bond motifs is 3. The van der Waals surface area contributed by atoms with E-state index in [1.165, 1.54) is 16.5 Å². The van der Waals surface area contributed by atoms with Gasteiger partial charge in [-0.25, -0.2) is 8.42 Å². The van der Waals surface area contributed by atoms with E-state index in [2.05, 4.69) is 22.8 Å². The van der Waals surface area contributed by atoms with Crippen LogP contribution in [0.3, 0.4) is 0 Å². The molecule has 0 fully saturated rings. The second-order valence-corrected chi connectivity index (χ2v) is 8.67. The van der Waals surface area contributed by atoms with Gasteiger partial charge in [-0.05, 0) is 35.9 Å². The highest BCUT2D eigenvalue weighted by Gasteiger charge is 2.27. The number of rotatable bonds is 5. The van der Waals surface area contributed by atoms with Crippen molar-refractivity contribution in [2.75, 3.05) is 12.3 Å². The highest BCUT2D eigenvalue weighted by atomic mass is 32.2. The summed E-state index contributed by atoms with van der Waals surface area (Å²) in [5, 5.41) is 1.18. The van der Waals surface area contributed by atoms with Gasteiger partial charge in [-0.15, -0.1) is 0 Å². The van der Waals surface area contributed by atoms with Crippen molar-refractivity contribution in [1.29, 1.82) is 0 Å². The normalized spacial score (nSPS) is 15.4. The van der Waals surface area contributed by atoms with E-state index in [1.54, 1.807) is 4.31 Å². The highest BCUT2D eigenvalue weighted by molar-refractivity contribution is 7.89. The molecule has 0 saturated heterocycles. The molecule has 1 aliphatic rings. The van der Waals surface area contributed by atoms with Crippen LogP contribution in [-0.4, -0.2) is 29.6 Å². The average Bonchev–Trinajstić information content (AvgIpc) is 3.00. The number of hydrogen-bond donors (Lipinski definition) is 0. The van der Waals surface area contributed by atoms with E-state index in [-0.39, 0.29) is 5.75 Å². The van der Waals surface area contributed by atoms with Gasteiger partial charge in [-0.3, -0.25) is 0 Å². The zero-order chi connectivity index (χ0) is 17.3. The maximum atomic E-state index is 12.7. The molecule has 0 atom stereocenters. The van der Waals surface area contributed by atoms with Gasteiger partial charge in [0.05, 0.1) is 12.3 Å². The summed E-state index contributed by atoms with van der Waals surface area (Å²) >= 11 is 0. The lowest BCUT2D eigenvalue weighted by molar-refractivity contribution is 0.345. The average molecular weight is 354 g/mol. The molecule has 0 aliphatic carbocycles. The maximum absolute atomic E-state index is 12.7. The van der Waals surface area contributed by atoms with Crippen molar-refractivity contribution in [1.82, 2.24) is 8.87 Å². The Morgan fingerprint density at radius 2 is 1.68 bits per heavy atom. The van der Waals surface area contributed by atoms with E-state index in [0.717, 1.165) is 18.7 Å². The minimum absolute atomic E-state index is 0.210. The first-order chi connectivity index (χ1) is 12.1. The van der Waals surface area contributed by atoms with E-state index in [9.17, 15) is 8.42 Å². The Bertz CT molecular complexity index is 977. The summed E-state index contributed by atoms with van der Waals surface area (Å²) in [7, 11) is -3.21. The summed E-state index contributed by atoms with van der Waals surface area (Å²) in [6.07, 6.45) is 1.46. The molecule has 0 N–H and O–H groups in total. The van der Waals surface area contributed by atoms with Crippen LogP contribution >= 0.6 is 0 Å². The lowest BCUT2D eigenvalue weighted by atomic mass is 10.1. The van der Waals surface area contributed by atoms with Gasteiger partial charge in [0.1, 0.15) is 0 Å². The fourth-order valence-electron chi connectivity index (χ4n) is 3.60. The molecule has 2 aromatic carbocycles. The van der Waals surface area contributed by atoms with Gasteiger partial charge >= 0.3 is 0 Å². The SMILES string of the molecule is O=S(=O)(CCCc1ccccc1)N1CCn2c(cc3ccccc32)C1. The van der Waals surface area contributed by atoms with Gasteiger partial charge < -0.3 is 4.57 Å². The molecule has 25 heavy (non-hydrogen) atoms. The number of benzene rings is 2. The molecular formula is C20H22N2O2S. The van der Waals surface area contributed by atoms with E-state index < -0.39 is 10.0 Å². The van der Waals surface area contributed by atoms with Gasteiger partial charge in [-0.1, -0.05) is 48.5 Å². The quantitative estimate of drug-likeness (QED) is 0.704. The Hall–Kier alpha value is -2.11. The van der Waals surface area contributed by atoms with Crippen molar-refractivity contribution in [2.24, 2.45) is 0 Å². The highest BCUT2D eigenvalue weighted by Crippen LogP contribution is 2.25. The third-order valence-electron chi connectivity index (χ3n) is 4.91. The van der Waals surface area contributed by atoms with Crippen LogP contribution in [-0.2, 0) is 29.5 Å². The number of sulfonamides is 1. The first-order valence-corrected chi connectivity index (χ1v) is 10.3. The predicted molar refractivity (Wildman–Crippen MR) is 101 cm³/mol. The van der Waals surface area contributed by atoms with Crippen LogP contribution in [0.1, 0.15) is 17.7 Å². The molecule has 4 nitrogen and oxygen atoms in total. The van der Waals surface area contributed by atoms with Gasteiger partial charge in [0.15, 0.2) is 0 Å². The third-order valence-corrected chi connectivity index (χ3v) is 6.81. The molecular weight excluding hydrogens is 332 g/mol. The summed E-state index contributed by atoms with van der Waals surface area (Å²) in [5.41, 5.74) is 3.47. The summed E-state index contributed by atoms with van der Waals surface area (Å²) in [6, 6.07) is 20.4. The largest absolute Gasteiger partial charge is 0.342 e. The molecule has 0 bridgehead atoms. The van der Waals surface area contributed by atoms with Crippen LogP contribution in [0.2, 0.25) is 0 Å². The van der Waals surface area contributed by atoms with Crippen LogP contribution < -0.4 is 0 Å². The second kappa shape index (κ2) is 6.65. The lowest BCUT2D eigenvalue weighted by Crippen LogP contribution is -2.39. The number of nitrogens with zero attached hydrogens (tertiary/aromatic N) is 2. The Morgan fingerprint density at radius 1 is 0.920 bits per heavy atom. The molecule has 0 radical (unpaired) electrons. The maximum Gasteiger partial charge on any atom is 0.214 e. The molecule has 1 aromatic heterocycles. The number of aryl methyl sites for hydroxylation is 1.